The first-order valence-corrected chi connectivity index (χ1v) is 14.8. The molecule has 6 aromatic carbocycles. The average Bonchev–Trinajstić information content (AvgIpc) is 3.49. The Morgan fingerprint density at radius 3 is 1.58 bits per heavy atom. The number of benzene rings is 6. The molecule has 6 heteroatoms. The van der Waals surface area contributed by atoms with Crippen LogP contribution >= 0.6 is 0 Å². The highest BCUT2D eigenvalue weighted by atomic mass is 16.5. The molecule has 6 nitrogen and oxygen atoms in total. The van der Waals surface area contributed by atoms with Gasteiger partial charge < -0.3 is 14.1 Å². The van der Waals surface area contributed by atoms with E-state index in [-0.39, 0.29) is 0 Å². The highest BCUT2D eigenvalue weighted by Gasteiger charge is 2.28. The van der Waals surface area contributed by atoms with E-state index in [2.05, 4.69) is 29.2 Å². The molecule has 0 fully saturated rings. The third-order valence-corrected chi connectivity index (χ3v) is 8.10. The van der Waals surface area contributed by atoms with Crippen LogP contribution in [0.3, 0.4) is 0 Å². The summed E-state index contributed by atoms with van der Waals surface area (Å²) in [5, 5.41) is 1.98. The molecule has 0 atom stereocenters. The lowest BCUT2D eigenvalue weighted by Crippen LogP contribution is -2.15. The van der Waals surface area contributed by atoms with Gasteiger partial charge >= 0.3 is 0 Å². The number of hydrogen-bond acceptors (Lipinski definition) is 6. The zero-order valence-electron chi connectivity index (χ0n) is 24.0. The fourth-order valence-electron chi connectivity index (χ4n) is 6.04. The van der Waals surface area contributed by atoms with Gasteiger partial charge in [-0.05, 0) is 54.6 Å². The van der Waals surface area contributed by atoms with E-state index in [1.165, 1.54) is 0 Å². The molecule has 0 saturated carbocycles. The van der Waals surface area contributed by atoms with Crippen LogP contribution in [-0.2, 0) is 0 Å². The van der Waals surface area contributed by atoms with Crippen molar-refractivity contribution >= 4 is 39.0 Å². The van der Waals surface area contributed by atoms with Crippen molar-refractivity contribution in [3.05, 3.63) is 146 Å². The quantitative estimate of drug-likeness (QED) is 0.206. The lowest BCUT2D eigenvalue weighted by molar-refractivity contribution is 0.477. The summed E-state index contributed by atoms with van der Waals surface area (Å²) in [5.74, 6) is 3.44. The fraction of sp³-hybridized carbons (Fsp3) is 0. The first kappa shape index (κ1) is 25.2. The first-order chi connectivity index (χ1) is 22.3. The second kappa shape index (κ2) is 10.2. The molecule has 45 heavy (non-hydrogen) atoms. The van der Waals surface area contributed by atoms with Gasteiger partial charge in [0.1, 0.15) is 11.2 Å². The Kier molecular flexibility index (Phi) is 5.71. The zero-order valence-corrected chi connectivity index (χ0v) is 24.0. The van der Waals surface area contributed by atoms with Crippen LogP contribution in [0, 0.1) is 0 Å². The van der Waals surface area contributed by atoms with Crippen LogP contribution in [0.2, 0.25) is 0 Å². The number of anilines is 3. The molecule has 0 spiro atoms. The summed E-state index contributed by atoms with van der Waals surface area (Å²) in [6, 6.07) is 48.6. The second-order valence-corrected chi connectivity index (χ2v) is 10.9. The standard InChI is InChI=1S/C39H24N4O2/c1-3-12-25(13-4-1)37-40-38(26-14-5-2-6-15-26)42-39(41-37)27-22-23-32-28(24-27)36-31(18-11-21-35(36)44-32)43-29-16-7-9-19-33(29)45-34-20-10-8-17-30(34)43/h1-24H. The van der Waals surface area contributed by atoms with Crippen LogP contribution in [0.15, 0.2) is 150 Å². The molecule has 0 amide bonds. The summed E-state index contributed by atoms with van der Waals surface area (Å²) in [6.45, 7) is 0. The van der Waals surface area contributed by atoms with Gasteiger partial charge in [-0.15, -0.1) is 0 Å². The van der Waals surface area contributed by atoms with Crippen molar-refractivity contribution in [3.8, 4) is 45.7 Å². The van der Waals surface area contributed by atoms with Gasteiger partial charge in [0.2, 0.25) is 0 Å². The van der Waals surface area contributed by atoms with Gasteiger partial charge in [0.05, 0.1) is 22.4 Å². The molecule has 8 aromatic rings. The van der Waals surface area contributed by atoms with Gasteiger partial charge in [-0.1, -0.05) is 91.0 Å². The third kappa shape index (κ3) is 4.23. The maximum absolute atomic E-state index is 6.43. The number of rotatable bonds is 4. The number of fused-ring (bicyclic) bond motifs is 5. The van der Waals surface area contributed by atoms with Crippen molar-refractivity contribution in [1.29, 1.82) is 0 Å². The van der Waals surface area contributed by atoms with Crippen molar-refractivity contribution in [2.24, 2.45) is 0 Å². The van der Waals surface area contributed by atoms with Crippen molar-refractivity contribution in [2.45, 2.75) is 0 Å². The molecule has 0 radical (unpaired) electrons. The summed E-state index contributed by atoms with van der Waals surface area (Å²) in [5.41, 5.74) is 7.25. The van der Waals surface area contributed by atoms with E-state index in [1.807, 2.05) is 121 Å². The molecule has 0 bridgehead atoms. The van der Waals surface area contributed by atoms with Gasteiger partial charge in [-0.2, -0.15) is 0 Å². The summed E-state index contributed by atoms with van der Waals surface area (Å²) < 4.78 is 12.7. The number of nitrogens with zero attached hydrogens (tertiary/aromatic N) is 4. The molecule has 3 heterocycles. The molecule has 0 saturated heterocycles. The van der Waals surface area contributed by atoms with E-state index in [0.29, 0.717) is 17.5 Å². The van der Waals surface area contributed by atoms with Crippen LogP contribution in [0.4, 0.5) is 17.1 Å². The Hall–Kier alpha value is -6.27. The molecular formula is C39H24N4O2. The molecular weight excluding hydrogens is 556 g/mol. The fourth-order valence-corrected chi connectivity index (χ4v) is 6.04. The Balaban J connectivity index is 1.27. The minimum absolute atomic E-state index is 0.596. The van der Waals surface area contributed by atoms with Gasteiger partial charge in [0.15, 0.2) is 29.0 Å². The Labute approximate surface area is 258 Å². The van der Waals surface area contributed by atoms with Gasteiger partial charge in [0, 0.05) is 22.1 Å². The predicted molar refractivity (Wildman–Crippen MR) is 178 cm³/mol. The van der Waals surface area contributed by atoms with Crippen molar-refractivity contribution in [3.63, 3.8) is 0 Å². The van der Waals surface area contributed by atoms with Crippen molar-refractivity contribution in [1.82, 2.24) is 15.0 Å². The molecule has 1 aliphatic rings. The Morgan fingerprint density at radius 2 is 0.956 bits per heavy atom. The predicted octanol–water partition coefficient (Wildman–Crippen LogP) is 10.3. The maximum Gasteiger partial charge on any atom is 0.164 e. The second-order valence-electron chi connectivity index (χ2n) is 10.9. The Bertz CT molecular complexity index is 2260. The van der Waals surface area contributed by atoms with E-state index < -0.39 is 0 Å². The molecule has 0 unspecified atom stereocenters. The first-order valence-electron chi connectivity index (χ1n) is 14.8. The van der Waals surface area contributed by atoms with Crippen LogP contribution in [0.1, 0.15) is 0 Å². The van der Waals surface area contributed by atoms with Gasteiger partial charge in [-0.25, -0.2) is 15.0 Å². The third-order valence-electron chi connectivity index (χ3n) is 8.10. The summed E-state index contributed by atoms with van der Waals surface area (Å²) in [6.07, 6.45) is 0. The number of aromatic nitrogens is 3. The lowest BCUT2D eigenvalue weighted by Gasteiger charge is -2.33. The topological polar surface area (TPSA) is 64.3 Å². The van der Waals surface area contributed by atoms with Crippen LogP contribution < -0.4 is 9.64 Å². The molecule has 212 valence electrons. The number of furan rings is 1. The van der Waals surface area contributed by atoms with E-state index in [9.17, 15) is 0 Å². The number of para-hydroxylation sites is 4. The summed E-state index contributed by atoms with van der Waals surface area (Å²) in [4.78, 5) is 17.0. The zero-order chi connectivity index (χ0) is 29.7. The highest BCUT2D eigenvalue weighted by molar-refractivity contribution is 6.14. The van der Waals surface area contributed by atoms with E-state index in [0.717, 1.165) is 67.2 Å². The van der Waals surface area contributed by atoms with Crippen molar-refractivity contribution < 1.29 is 9.15 Å². The largest absolute Gasteiger partial charge is 0.456 e. The molecule has 2 aromatic heterocycles. The summed E-state index contributed by atoms with van der Waals surface area (Å²) in [7, 11) is 0. The van der Waals surface area contributed by atoms with Crippen molar-refractivity contribution in [2.75, 3.05) is 4.90 Å². The smallest absolute Gasteiger partial charge is 0.164 e. The van der Waals surface area contributed by atoms with E-state index in [4.69, 9.17) is 24.1 Å². The number of ether oxygens (including phenoxy) is 1. The Morgan fingerprint density at radius 1 is 0.422 bits per heavy atom. The van der Waals surface area contributed by atoms with E-state index >= 15 is 0 Å². The van der Waals surface area contributed by atoms with Crippen LogP contribution in [-0.4, -0.2) is 15.0 Å². The summed E-state index contributed by atoms with van der Waals surface area (Å²) >= 11 is 0. The maximum atomic E-state index is 6.43. The van der Waals surface area contributed by atoms with E-state index in [1.54, 1.807) is 0 Å². The van der Waals surface area contributed by atoms with Gasteiger partial charge in [0.25, 0.3) is 0 Å². The van der Waals surface area contributed by atoms with Gasteiger partial charge in [-0.3, -0.25) is 0 Å². The SMILES string of the molecule is c1ccc(-c2nc(-c3ccccc3)nc(-c3ccc4oc5cccc(N6c7ccccc7Oc7ccccc76)c5c4c3)n2)cc1. The number of hydrogen-bond donors (Lipinski definition) is 0. The van der Waals surface area contributed by atoms with Crippen LogP contribution in [0.25, 0.3) is 56.1 Å². The molecule has 9 rings (SSSR count). The van der Waals surface area contributed by atoms with Crippen LogP contribution in [0.5, 0.6) is 11.5 Å². The lowest BCUT2D eigenvalue weighted by atomic mass is 10.0. The molecule has 0 aliphatic carbocycles. The molecule has 0 N–H and O–H groups in total. The highest BCUT2D eigenvalue weighted by Crippen LogP contribution is 2.52. The monoisotopic (exact) mass is 580 g/mol. The normalized spacial score (nSPS) is 12.1. The molecule has 1 aliphatic heterocycles. The minimum Gasteiger partial charge on any atom is -0.456 e. The minimum atomic E-state index is 0.596. The average molecular weight is 581 g/mol.